The minimum atomic E-state index is -1.13. The molecule has 3 saturated heterocycles. The van der Waals surface area contributed by atoms with Crippen molar-refractivity contribution in [1.82, 2.24) is 9.80 Å². The van der Waals surface area contributed by atoms with Crippen LogP contribution in [0, 0.1) is 46.3 Å². The molecule has 290 valence electrons. The van der Waals surface area contributed by atoms with E-state index in [9.17, 15) is 9.90 Å². The molecule has 12 atom stereocenters. The molecule has 3 N–H and O–H groups in total. The zero-order valence-corrected chi connectivity index (χ0v) is 32.8. The number of ether oxygens (including phenoxy) is 2. The van der Waals surface area contributed by atoms with Gasteiger partial charge in [-0.25, -0.2) is 4.79 Å². The van der Waals surface area contributed by atoms with Crippen LogP contribution in [0.2, 0.25) is 0 Å². The Bertz CT molecular complexity index is 2060. The summed E-state index contributed by atoms with van der Waals surface area (Å²) in [6.45, 7) is 10.4. The molecule has 0 aromatic heterocycles. The molecule has 0 radical (unpaired) electrons. The fourth-order valence-electron chi connectivity index (χ4n) is 15.0. The van der Waals surface area contributed by atoms with Gasteiger partial charge in [0.1, 0.15) is 11.2 Å². The van der Waals surface area contributed by atoms with Crippen molar-refractivity contribution in [3.8, 4) is 0 Å². The van der Waals surface area contributed by atoms with Crippen LogP contribution in [0.15, 0.2) is 76.4 Å². The van der Waals surface area contributed by atoms with Crippen LogP contribution in [0.4, 0.5) is 0 Å². The van der Waals surface area contributed by atoms with Gasteiger partial charge in [-0.05, 0) is 98.3 Å². The number of aryl methyl sites for hydroxylation is 1. The molecule has 4 aliphatic carbocycles. The summed E-state index contributed by atoms with van der Waals surface area (Å²) in [5.74, 6) is 1.76. The van der Waals surface area contributed by atoms with Gasteiger partial charge in [-0.3, -0.25) is 9.69 Å². The third-order valence-electron chi connectivity index (χ3n) is 16.6. The number of carbonyl (C=O) groups excluding carboxylic acids is 2. The summed E-state index contributed by atoms with van der Waals surface area (Å²) in [6.07, 6.45) is 18.8. The van der Waals surface area contributed by atoms with E-state index in [-0.39, 0.29) is 35.6 Å². The Morgan fingerprint density at radius 3 is 2.71 bits per heavy atom. The van der Waals surface area contributed by atoms with Crippen LogP contribution in [0.1, 0.15) is 106 Å². The normalized spacial score (nSPS) is 42.5. The molecule has 14 rings (SSSR count). The summed E-state index contributed by atoms with van der Waals surface area (Å²) in [5, 5.41) is 12.8. The zero-order valence-electron chi connectivity index (χ0n) is 32.8. The molecule has 8 heteroatoms. The van der Waals surface area contributed by atoms with E-state index >= 15 is 4.79 Å². The van der Waals surface area contributed by atoms with E-state index in [2.05, 4.69) is 67.0 Å². The van der Waals surface area contributed by atoms with Gasteiger partial charge in [0.25, 0.3) is 0 Å². The maximum atomic E-state index is 15.4. The molecule has 12 unspecified atom stereocenters. The second-order valence-corrected chi connectivity index (χ2v) is 19.0. The summed E-state index contributed by atoms with van der Waals surface area (Å²) in [6, 6.07) is 6.65. The molecule has 8 nitrogen and oxygen atoms in total. The van der Waals surface area contributed by atoms with E-state index < -0.39 is 16.4 Å². The molecule has 2 spiro atoms. The van der Waals surface area contributed by atoms with Crippen LogP contribution in [0.5, 0.6) is 0 Å². The van der Waals surface area contributed by atoms with Crippen LogP contribution in [-0.2, 0) is 26.3 Å². The number of piperidine rings is 2. The second-order valence-electron chi connectivity index (χ2n) is 19.0. The molecule has 55 heavy (non-hydrogen) atoms. The van der Waals surface area contributed by atoms with E-state index in [0.717, 1.165) is 74.9 Å². The zero-order chi connectivity index (χ0) is 37.6. The summed E-state index contributed by atoms with van der Waals surface area (Å²) in [5.41, 5.74) is 10.7. The number of fused-ring (bicyclic) bond motifs is 2. The first-order valence-corrected chi connectivity index (χ1v) is 21.8. The number of nitrogens with two attached hydrogens (primary N) is 1. The number of carbonyl (C=O) groups is 2. The van der Waals surface area contributed by atoms with Gasteiger partial charge in [-0.15, -0.1) is 0 Å². The number of benzene rings is 1. The number of nitrogens with zero attached hydrogens (tertiary/aromatic N) is 2. The van der Waals surface area contributed by atoms with Gasteiger partial charge in [0.15, 0.2) is 11.4 Å². The lowest BCUT2D eigenvalue weighted by Gasteiger charge is -2.71. The van der Waals surface area contributed by atoms with Crippen LogP contribution in [0.25, 0.3) is 0 Å². The average Bonchev–Trinajstić information content (AvgIpc) is 3.64. The van der Waals surface area contributed by atoms with Gasteiger partial charge in [0.2, 0.25) is 0 Å². The van der Waals surface area contributed by atoms with Crippen molar-refractivity contribution in [3.63, 3.8) is 0 Å². The third-order valence-corrected chi connectivity index (χ3v) is 16.6. The van der Waals surface area contributed by atoms with E-state index in [1.54, 1.807) is 0 Å². The number of esters is 2. The van der Waals surface area contributed by atoms with E-state index in [4.69, 9.17) is 15.2 Å². The van der Waals surface area contributed by atoms with Gasteiger partial charge in [-0.2, -0.15) is 0 Å². The van der Waals surface area contributed by atoms with E-state index in [0.29, 0.717) is 73.3 Å². The fraction of sp³-hybridized carbons (Fsp3) is 0.617. The van der Waals surface area contributed by atoms with Gasteiger partial charge in [0, 0.05) is 55.2 Å². The van der Waals surface area contributed by atoms with E-state index in [1.165, 1.54) is 23.3 Å². The predicted molar refractivity (Wildman–Crippen MR) is 209 cm³/mol. The molecule has 0 amide bonds. The number of aliphatic hydroxyl groups is 1. The van der Waals surface area contributed by atoms with Crippen molar-refractivity contribution >= 4 is 11.9 Å². The lowest BCUT2D eigenvalue weighted by atomic mass is 9.29. The highest BCUT2D eigenvalue weighted by molar-refractivity contribution is 6.00. The molecule has 9 aliphatic heterocycles. The highest BCUT2D eigenvalue weighted by Crippen LogP contribution is 2.87. The van der Waals surface area contributed by atoms with Gasteiger partial charge >= 0.3 is 11.9 Å². The van der Waals surface area contributed by atoms with Crippen molar-refractivity contribution in [1.29, 1.82) is 0 Å². The summed E-state index contributed by atoms with van der Waals surface area (Å²) in [7, 11) is 0. The fourth-order valence-corrected chi connectivity index (χ4v) is 15.0. The molecule has 12 bridgehead atoms. The monoisotopic (exact) mass is 743 g/mol. The average molecular weight is 744 g/mol. The first-order chi connectivity index (χ1) is 26.7. The van der Waals surface area contributed by atoms with Crippen molar-refractivity contribution in [2.75, 3.05) is 26.2 Å². The standard InChI is InChI=1S/C47H57N3O5/c1-4-8-31-22-37(51)42-45-18-17-33-34(15-14-32-26(3)20-29-13-16-36-30-21-27(23-49(31)25-30)24-50(36)41(29)40(32)33)46(45,44(53)54-42)38(9-5-2)47(45)35-12-6-10-28(11-7-19-48)39(35)43(52)55-47/h6,10,12-16,26-27,30-32,36,38,40,51H,4-5,7-9,11,17-25,48H2,1-3H3. The highest BCUT2D eigenvalue weighted by Gasteiger charge is 2.93. The van der Waals surface area contributed by atoms with Gasteiger partial charge in [0.05, 0.1) is 17.0 Å². The minimum absolute atomic E-state index is 0.119. The third kappa shape index (κ3) is 4.01. The summed E-state index contributed by atoms with van der Waals surface area (Å²) < 4.78 is 13.7. The van der Waals surface area contributed by atoms with Crippen LogP contribution >= 0.6 is 0 Å². The number of allylic oxidation sites excluding steroid dienone is 5. The molecule has 1 saturated carbocycles. The van der Waals surface area contributed by atoms with Crippen molar-refractivity contribution in [3.05, 3.63) is 93.1 Å². The number of rotatable bonds is 7. The SMILES string of the molecule is CCCC1CC(O)=C2OC(=O)C34C5=C(CCC23C2(OC(=O)c3c(CCCN)cccc32)C4CCC)C2C3=C(C=CC4C6CC(CN1C6)CN34)CC(C)C2C=C5. The van der Waals surface area contributed by atoms with Gasteiger partial charge < -0.3 is 25.2 Å². The number of hydrogen-bond donors (Lipinski definition) is 2. The summed E-state index contributed by atoms with van der Waals surface area (Å²) in [4.78, 5) is 35.4. The Morgan fingerprint density at radius 1 is 1.04 bits per heavy atom. The number of aliphatic hydroxyl groups excluding tert-OH is 1. The lowest BCUT2D eigenvalue weighted by Crippen LogP contribution is -2.77. The molecule has 1 aromatic rings. The maximum Gasteiger partial charge on any atom is 0.339 e. The van der Waals surface area contributed by atoms with Crippen molar-refractivity contribution in [2.45, 2.75) is 109 Å². The molecule has 4 fully saturated rings. The smallest absolute Gasteiger partial charge is 0.339 e. The van der Waals surface area contributed by atoms with Crippen LogP contribution < -0.4 is 5.73 Å². The second kappa shape index (κ2) is 12.0. The Labute approximate surface area is 325 Å². The minimum Gasteiger partial charge on any atom is -0.509 e. The molecule has 1 aromatic carbocycles. The predicted octanol–water partition coefficient (Wildman–Crippen LogP) is 7.62. The van der Waals surface area contributed by atoms with Crippen LogP contribution in [-0.4, -0.2) is 65.1 Å². The first-order valence-electron chi connectivity index (χ1n) is 21.8. The summed E-state index contributed by atoms with van der Waals surface area (Å²) >= 11 is 0. The quantitative estimate of drug-likeness (QED) is 0.275. The van der Waals surface area contributed by atoms with Crippen molar-refractivity contribution in [2.24, 2.45) is 52.1 Å². The molecular formula is C47H57N3O5. The Kier molecular flexibility index (Phi) is 7.52. The molecule has 9 heterocycles. The highest BCUT2D eigenvalue weighted by atomic mass is 16.6. The Morgan fingerprint density at radius 2 is 1.89 bits per heavy atom. The van der Waals surface area contributed by atoms with Crippen LogP contribution in [0.3, 0.4) is 0 Å². The number of hydrogen-bond acceptors (Lipinski definition) is 8. The largest absolute Gasteiger partial charge is 0.509 e. The first kappa shape index (κ1) is 34.6. The Balaban J connectivity index is 1.20. The molecule has 13 aliphatic rings. The Hall–Kier alpha value is -3.62. The van der Waals surface area contributed by atoms with Gasteiger partial charge in [-0.1, -0.05) is 81.7 Å². The van der Waals surface area contributed by atoms with E-state index in [1.807, 2.05) is 6.07 Å². The maximum absolute atomic E-state index is 15.4. The van der Waals surface area contributed by atoms with Crippen molar-refractivity contribution < 1.29 is 24.2 Å². The molecular weight excluding hydrogens is 687 g/mol. The lowest BCUT2D eigenvalue weighted by molar-refractivity contribution is -0.275. The topological polar surface area (TPSA) is 105 Å².